The summed E-state index contributed by atoms with van der Waals surface area (Å²) in [7, 11) is 0. The van der Waals surface area contributed by atoms with Gasteiger partial charge in [0.15, 0.2) is 0 Å². The Balaban J connectivity index is 1.72. The van der Waals surface area contributed by atoms with Gasteiger partial charge >= 0.3 is 0 Å². The van der Waals surface area contributed by atoms with Crippen LogP contribution in [0.2, 0.25) is 0 Å². The van der Waals surface area contributed by atoms with Crippen LogP contribution in [0.3, 0.4) is 0 Å². The normalized spacial score (nSPS) is 15.8. The Hall–Kier alpha value is -1.84. The van der Waals surface area contributed by atoms with Gasteiger partial charge in [-0.2, -0.15) is 0 Å². The van der Waals surface area contributed by atoms with Crippen LogP contribution < -0.4 is 5.32 Å². The maximum atomic E-state index is 12.2. The number of rotatable bonds is 5. The van der Waals surface area contributed by atoms with Crippen molar-refractivity contribution in [2.24, 2.45) is 0 Å². The molecule has 4 nitrogen and oxygen atoms in total. The van der Waals surface area contributed by atoms with Gasteiger partial charge in [0.05, 0.1) is 0 Å². The molecule has 1 aliphatic rings. The van der Waals surface area contributed by atoms with Gasteiger partial charge in [0.1, 0.15) is 0 Å². The lowest BCUT2D eigenvalue weighted by Crippen LogP contribution is -2.46. The first-order valence-corrected chi connectivity index (χ1v) is 7.80. The van der Waals surface area contributed by atoms with Crippen molar-refractivity contribution in [3.8, 4) is 0 Å². The van der Waals surface area contributed by atoms with E-state index in [0.29, 0.717) is 12.8 Å². The highest BCUT2D eigenvalue weighted by Gasteiger charge is 2.23. The van der Waals surface area contributed by atoms with Crippen LogP contribution in [0.25, 0.3) is 0 Å². The standard InChI is InChI=1S/C17H24N2O2/c1-2-16(20)18-15-10-12-19(13-11-15)17(21)9-8-14-6-4-3-5-7-14/h3-7,15H,2,8-13H2,1H3,(H,18,20). The number of benzene rings is 1. The summed E-state index contributed by atoms with van der Waals surface area (Å²) in [6, 6.07) is 10.3. The third-order valence-corrected chi connectivity index (χ3v) is 4.00. The fraction of sp³-hybridized carbons (Fsp3) is 0.529. The van der Waals surface area contributed by atoms with Crippen LogP contribution in [-0.4, -0.2) is 35.8 Å². The molecule has 1 N–H and O–H groups in total. The van der Waals surface area contributed by atoms with Crippen LogP contribution >= 0.6 is 0 Å². The summed E-state index contributed by atoms with van der Waals surface area (Å²) in [6.07, 6.45) is 3.62. The fourth-order valence-electron chi connectivity index (χ4n) is 2.66. The van der Waals surface area contributed by atoms with Crippen molar-refractivity contribution in [3.05, 3.63) is 35.9 Å². The molecule has 0 atom stereocenters. The maximum absolute atomic E-state index is 12.2. The SMILES string of the molecule is CCC(=O)NC1CCN(C(=O)CCc2ccccc2)CC1. The van der Waals surface area contributed by atoms with Crippen molar-refractivity contribution in [3.63, 3.8) is 0 Å². The van der Waals surface area contributed by atoms with Crippen LogP contribution in [-0.2, 0) is 16.0 Å². The van der Waals surface area contributed by atoms with Crippen LogP contribution in [0.5, 0.6) is 0 Å². The highest BCUT2D eigenvalue weighted by Crippen LogP contribution is 2.13. The van der Waals surface area contributed by atoms with E-state index >= 15 is 0 Å². The van der Waals surface area contributed by atoms with E-state index in [4.69, 9.17) is 0 Å². The fourth-order valence-corrected chi connectivity index (χ4v) is 2.66. The van der Waals surface area contributed by atoms with Crippen LogP contribution in [0, 0.1) is 0 Å². The molecule has 1 fully saturated rings. The van der Waals surface area contributed by atoms with Crippen molar-refractivity contribution in [2.45, 2.75) is 45.1 Å². The minimum Gasteiger partial charge on any atom is -0.353 e. The number of likely N-dealkylation sites (tertiary alicyclic amines) is 1. The molecule has 0 saturated carbocycles. The van der Waals surface area contributed by atoms with Gasteiger partial charge < -0.3 is 10.2 Å². The quantitative estimate of drug-likeness (QED) is 0.902. The number of hydrogen-bond donors (Lipinski definition) is 1. The summed E-state index contributed by atoms with van der Waals surface area (Å²) in [6.45, 7) is 3.36. The van der Waals surface area contributed by atoms with Crippen molar-refractivity contribution in [1.29, 1.82) is 0 Å². The van der Waals surface area contributed by atoms with Gasteiger partial charge in [-0.15, -0.1) is 0 Å². The average molecular weight is 288 g/mol. The molecular formula is C17H24N2O2. The Morgan fingerprint density at radius 2 is 1.86 bits per heavy atom. The first-order valence-electron chi connectivity index (χ1n) is 7.80. The predicted molar refractivity (Wildman–Crippen MR) is 82.8 cm³/mol. The molecule has 0 radical (unpaired) electrons. The monoisotopic (exact) mass is 288 g/mol. The van der Waals surface area contributed by atoms with E-state index < -0.39 is 0 Å². The number of piperidine rings is 1. The van der Waals surface area contributed by atoms with Gasteiger partial charge in [0.2, 0.25) is 11.8 Å². The third kappa shape index (κ3) is 4.88. The van der Waals surface area contributed by atoms with Crippen molar-refractivity contribution >= 4 is 11.8 Å². The van der Waals surface area contributed by atoms with Crippen LogP contribution in [0.4, 0.5) is 0 Å². The smallest absolute Gasteiger partial charge is 0.222 e. The number of carbonyl (C=O) groups is 2. The number of aryl methyl sites for hydroxylation is 1. The van der Waals surface area contributed by atoms with Crippen molar-refractivity contribution < 1.29 is 9.59 Å². The van der Waals surface area contributed by atoms with Crippen LogP contribution in [0.15, 0.2) is 30.3 Å². The molecular weight excluding hydrogens is 264 g/mol. The van der Waals surface area contributed by atoms with Crippen molar-refractivity contribution in [1.82, 2.24) is 10.2 Å². The molecule has 1 aromatic rings. The number of carbonyl (C=O) groups excluding carboxylic acids is 2. The number of amides is 2. The Kier molecular flexibility index (Phi) is 5.78. The van der Waals surface area contributed by atoms with Gasteiger partial charge in [-0.3, -0.25) is 9.59 Å². The summed E-state index contributed by atoms with van der Waals surface area (Å²) in [5, 5.41) is 3.01. The molecule has 0 bridgehead atoms. The second-order valence-corrected chi connectivity index (χ2v) is 5.56. The zero-order valence-corrected chi connectivity index (χ0v) is 12.7. The summed E-state index contributed by atoms with van der Waals surface area (Å²) < 4.78 is 0. The van der Waals surface area contributed by atoms with Gasteiger partial charge in [-0.25, -0.2) is 0 Å². The van der Waals surface area contributed by atoms with Gasteiger partial charge in [0.25, 0.3) is 0 Å². The minimum absolute atomic E-state index is 0.101. The number of nitrogens with one attached hydrogen (secondary N) is 1. The highest BCUT2D eigenvalue weighted by molar-refractivity contribution is 5.77. The Morgan fingerprint density at radius 1 is 1.19 bits per heavy atom. The molecule has 1 aliphatic heterocycles. The predicted octanol–water partition coefficient (Wildman–Crippen LogP) is 2.14. The molecule has 1 aromatic carbocycles. The molecule has 0 spiro atoms. The van der Waals surface area contributed by atoms with Gasteiger partial charge in [-0.1, -0.05) is 37.3 Å². The lowest BCUT2D eigenvalue weighted by Gasteiger charge is -2.32. The van der Waals surface area contributed by atoms with E-state index in [-0.39, 0.29) is 17.9 Å². The number of hydrogen-bond acceptors (Lipinski definition) is 2. The first kappa shape index (κ1) is 15.5. The maximum Gasteiger partial charge on any atom is 0.222 e. The second kappa shape index (κ2) is 7.81. The Morgan fingerprint density at radius 3 is 2.48 bits per heavy atom. The first-order chi connectivity index (χ1) is 10.2. The Labute approximate surface area is 126 Å². The molecule has 2 amide bonds. The van der Waals surface area contributed by atoms with Gasteiger partial charge in [-0.05, 0) is 24.8 Å². The van der Waals surface area contributed by atoms with E-state index in [0.717, 1.165) is 32.4 Å². The summed E-state index contributed by atoms with van der Waals surface area (Å²) in [4.78, 5) is 25.5. The van der Waals surface area contributed by atoms with E-state index in [1.165, 1.54) is 5.56 Å². The van der Waals surface area contributed by atoms with E-state index in [1.807, 2.05) is 30.0 Å². The van der Waals surface area contributed by atoms with E-state index in [2.05, 4.69) is 17.4 Å². The Bertz CT molecular complexity index is 465. The number of nitrogens with zero attached hydrogens (tertiary/aromatic N) is 1. The van der Waals surface area contributed by atoms with Gasteiger partial charge in [0, 0.05) is 32.0 Å². The molecule has 2 rings (SSSR count). The second-order valence-electron chi connectivity index (χ2n) is 5.56. The highest BCUT2D eigenvalue weighted by atomic mass is 16.2. The topological polar surface area (TPSA) is 49.4 Å². The van der Waals surface area contributed by atoms with E-state index in [1.54, 1.807) is 0 Å². The van der Waals surface area contributed by atoms with E-state index in [9.17, 15) is 9.59 Å². The largest absolute Gasteiger partial charge is 0.353 e. The minimum atomic E-state index is 0.101. The zero-order valence-electron chi connectivity index (χ0n) is 12.7. The summed E-state index contributed by atoms with van der Waals surface area (Å²) in [5.74, 6) is 0.322. The molecule has 0 unspecified atom stereocenters. The summed E-state index contributed by atoms with van der Waals surface area (Å²) in [5.41, 5.74) is 1.20. The molecule has 1 saturated heterocycles. The average Bonchev–Trinajstić information content (AvgIpc) is 2.54. The summed E-state index contributed by atoms with van der Waals surface area (Å²) >= 11 is 0. The van der Waals surface area contributed by atoms with Crippen LogP contribution in [0.1, 0.15) is 38.2 Å². The molecule has 0 aliphatic carbocycles. The molecule has 114 valence electrons. The molecule has 21 heavy (non-hydrogen) atoms. The lowest BCUT2D eigenvalue weighted by atomic mass is 10.0. The lowest BCUT2D eigenvalue weighted by molar-refractivity contribution is -0.132. The third-order valence-electron chi connectivity index (χ3n) is 4.00. The zero-order chi connectivity index (χ0) is 15.1. The van der Waals surface area contributed by atoms with Crippen molar-refractivity contribution in [2.75, 3.05) is 13.1 Å². The molecule has 1 heterocycles. The molecule has 4 heteroatoms. The molecule has 0 aromatic heterocycles.